The van der Waals surface area contributed by atoms with Gasteiger partial charge in [0, 0.05) is 16.9 Å². The van der Waals surface area contributed by atoms with E-state index in [1.165, 1.54) is 10.5 Å². The lowest BCUT2D eigenvalue weighted by Crippen LogP contribution is -1.98. The highest BCUT2D eigenvalue weighted by Crippen LogP contribution is 2.17. The molecule has 150 valence electrons. The van der Waals surface area contributed by atoms with Crippen LogP contribution in [0.3, 0.4) is 0 Å². The second-order valence-corrected chi connectivity index (χ2v) is 6.40. The van der Waals surface area contributed by atoms with Crippen LogP contribution in [0, 0.1) is 0 Å². The lowest BCUT2D eigenvalue weighted by molar-refractivity contribution is 0.0982. The van der Waals surface area contributed by atoms with Gasteiger partial charge in [-0.2, -0.15) is 0 Å². The van der Waals surface area contributed by atoms with Gasteiger partial charge in [-0.1, -0.05) is 89.6 Å². The Labute approximate surface area is 175 Å². The maximum atomic E-state index is 11.4. The number of hydrogen-bond acceptors (Lipinski definition) is 2. The minimum atomic E-state index is 0.128. The minimum absolute atomic E-state index is 0.128. The van der Waals surface area contributed by atoms with Crippen LogP contribution in [0.2, 0.25) is 5.02 Å². The highest BCUT2D eigenvalue weighted by molar-refractivity contribution is 7.10. The number of halogens is 1. The maximum absolute atomic E-state index is 11.4. The third-order valence-corrected chi connectivity index (χ3v) is 4.30. The summed E-state index contributed by atoms with van der Waals surface area (Å²) in [6.07, 6.45) is 6.65. The summed E-state index contributed by atoms with van der Waals surface area (Å²) in [5.74, 6) is 0.128. The number of Topliss-reactive ketones (excluding diaryl/α,β-unsaturated/α-hetero) is 1. The lowest BCUT2D eigenvalue weighted by atomic mass is 10.1. The van der Waals surface area contributed by atoms with Crippen molar-refractivity contribution in [2.24, 2.45) is 0 Å². The fourth-order valence-corrected chi connectivity index (χ4v) is 2.61. The fourth-order valence-electron chi connectivity index (χ4n) is 1.75. The van der Waals surface area contributed by atoms with E-state index in [2.05, 4.69) is 43.2 Å². The number of ketones is 1. The van der Waals surface area contributed by atoms with E-state index in [-0.39, 0.29) is 5.78 Å². The third kappa shape index (κ3) is 13.2. The van der Waals surface area contributed by atoms with E-state index in [0.29, 0.717) is 17.0 Å². The molecular weight excluding hydrogens is 372 g/mol. The SMILES string of the molecule is C=C(/C=C/c1cccs1)CC.CC.CC.CCCC(=O)c1ccccc1Cl. The Kier molecular flexibility index (Phi) is 19.5. The normalized spacial score (nSPS) is 9.15. The number of carbonyl (C=O) groups is 1. The topological polar surface area (TPSA) is 17.1 Å². The van der Waals surface area contributed by atoms with Gasteiger partial charge in [0.05, 0.1) is 5.02 Å². The van der Waals surface area contributed by atoms with E-state index in [4.69, 9.17) is 11.6 Å². The first-order valence-electron chi connectivity index (χ1n) is 9.75. The number of rotatable bonds is 6. The molecule has 2 rings (SSSR count). The standard InChI is InChI=1S/C10H11ClO.C10H12S.2C2H6/c1-2-5-10(12)8-6-3-4-7-9(8)11;1-3-9(2)6-7-10-5-4-8-11-10;2*1-2/h3-4,6-7H,2,5H2,1H3;4-8H,2-3H2,1H3;2*1-2H3/b;7-6+;;. The number of hydrogen-bond donors (Lipinski definition) is 0. The van der Waals surface area contributed by atoms with Gasteiger partial charge in [-0.05, 0) is 42.5 Å². The van der Waals surface area contributed by atoms with Crippen molar-refractivity contribution >= 4 is 34.8 Å². The zero-order chi connectivity index (χ0) is 21.1. The number of benzene rings is 1. The fraction of sp³-hybridized carbons (Fsp3) is 0.375. The third-order valence-electron chi connectivity index (χ3n) is 3.13. The molecule has 0 atom stereocenters. The molecule has 0 aliphatic rings. The molecule has 1 heterocycles. The van der Waals surface area contributed by atoms with E-state index in [9.17, 15) is 4.79 Å². The van der Waals surface area contributed by atoms with E-state index >= 15 is 0 Å². The Bertz CT molecular complexity index is 642. The second-order valence-electron chi connectivity index (χ2n) is 5.01. The molecule has 27 heavy (non-hydrogen) atoms. The summed E-state index contributed by atoms with van der Waals surface area (Å²) in [4.78, 5) is 12.7. The average Bonchev–Trinajstić information content (AvgIpc) is 3.24. The van der Waals surface area contributed by atoms with Gasteiger partial charge < -0.3 is 0 Å². The Hall–Kier alpha value is -1.64. The predicted molar refractivity (Wildman–Crippen MR) is 126 cm³/mol. The van der Waals surface area contributed by atoms with E-state index in [0.717, 1.165) is 12.8 Å². The molecule has 1 aromatic carbocycles. The Balaban J connectivity index is 0. The monoisotopic (exact) mass is 406 g/mol. The van der Waals surface area contributed by atoms with Gasteiger partial charge in [-0.3, -0.25) is 4.79 Å². The van der Waals surface area contributed by atoms with Crippen LogP contribution in [0.15, 0.2) is 60.0 Å². The van der Waals surface area contributed by atoms with Crippen LogP contribution in [0.25, 0.3) is 6.08 Å². The van der Waals surface area contributed by atoms with E-state index in [1.807, 2.05) is 46.8 Å². The minimum Gasteiger partial charge on any atom is -0.294 e. The van der Waals surface area contributed by atoms with Crippen molar-refractivity contribution in [1.82, 2.24) is 0 Å². The molecule has 0 fully saturated rings. The van der Waals surface area contributed by atoms with Gasteiger partial charge in [0.15, 0.2) is 5.78 Å². The molecule has 3 heteroatoms. The van der Waals surface area contributed by atoms with Gasteiger partial charge in [-0.25, -0.2) is 0 Å². The molecule has 0 saturated heterocycles. The van der Waals surface area contributed by atoms with Crippen molar-refractivity contribution in [2.45, 2.75) is 60.8 Å². The Morgan fingerprint density at radius 3 is 2.19 bits per heavy atom. The molecule has 0 spiro atoms. The molecule has 0 unspecified atom stereocenters. The van der Waals surface area contributed by atoms with E-state index in [1.54, 1.807) is 23.5 Å². The van der Waals surface area contributed by atoms with Crippen LogP contribution in [0.1, 0.15) is 76.0 Å². The summed E-state index contributed by atoms with van der Waals surface area (Å²) in [7, 11) is 0. The first-order chi connectivity index (χ1) is 13.1. The zero-order valence-corrected chi connectivity index (χ0v) is 19.3. The van der Waals surface area contributed by atoms with Crippen LogP contribution in [-0.4, -0.2) is 5.78 Å². The molecule has 0 N–H and O–H groups in total. The summed E-state index contributed by atoms with van der Waals surface area (Å²) < 4.78 is 0. The highest BCUT2D eigenvalue weighted by Gasteiger charge is 2.07. The predicted octanol–water partition coefficient (Wildman–Crippen LogP) is 9.10. The smallest absolute Gasteiger partial charge is 0.164 e. The van der Waals surface area contributed by atoms with Gasteiger partial charge in [0.1, 0.15) is 0 Å². The summed E-state index contributed by atoms with van der Waals surface area (Å²) in [5, 5.41) is 2.63. The average molecular weight is 407 g/mol. The maximum Gasteiger partial charge on any atom is 0.164 e. The number of carbonyl (C=O) groups excluding carboxylic acids is 1. The van der Waals surface area contributed by atoms with Crippen molar-refractivity contribution in [2.75, 3.05) is 0 Å². The van der Waals surface area contributed by atoms with E-state index < -0.39 is 0 Å². The summed E-state index contributed by atoms with van der Waals surface area (Å²) in [6, 6.07) is 11.3. The van der Waals surface area contributed by atoms with Gasteiger partial charge in [0.25, 0.3) is 0 Å². The van der Waals surface area contributed by atoms with Crippen molar-refractivity contribution < 1.29 is 4.79 Å². The molecule has 2 aromatic rings. The summed E-state index contributed by atoms with van der Waals surface area (Å²) >= 11 is 7.58. The molecule has 0 aliphatic carbocycles. The molecule has 1 aromatic heterocycles. The van der Waals surface area contributed by atoms with Crippen molar-refractivity contribution in [3.05, 3.63) is 75.5 Å². The Morgan fingerprint density at radius 1 is 1.07 bits per heavy atom. The number of allylic oxidation sites excluding steroid dienone is 2. The quantitative estimate of drug-likeness (QED) is 0.345. The van der Waals surface area contributed by atoms with Crippen molar-refractivity contribution in [3.8, 4) is 0 Å². The Morgan fingerprint density at radius 2 is 1.70 bits per heavy atom. The van der Waals surface area contributed by atoms with Crippen molar-refractivity contribution in [1.29, 1.82) is 0 Å². The highest BCUT2D eigenvalue weighted by atomic mass is 35.5. The van der Waals surface area contributed by atoms with Crippen LogP contribution in [-0.2, 0) is 0 Å². The molecular formula is C24H35ClOS. The first-order valence-corrected chi connectivity index (χ1v) is 11.0. The summed E-state index contributed by atoms with van der Waals surface area (Å²) in [6.45, 7) is 16.0. The molecule has 1 nitrogen and oxygen atoms in total. The largest absolute Gasteiger partial charge is 0.294 e. The molecule has 0 radical (unpaired) electrons. The van der Waals surface area contributed by atoms with Gasteiger partial charge in [0.2, 0.25) is 0 Å². The van der Waals surface area contributed by atoms with Crippen LogP contribution < -0.4 is 0 Å². The molecule has 0 amide bonds. The van der Waals surface area contributed by atoms with Gasteiger partial charge in [-0.15, -0.1) is 11.3 Å². The second kappa shape index (κ2) is 19.1. The van der Waals surface area contributed by atoms with Crippen LogP contribution >= 0.6 is 22.9 Å². The van der Waals surface area contributed by atoms with Crippen LogP contribution in [0.4, 0.5) is 0 Å². The number of thiophene rings is 1. The lowest BCUT2D eigenvalue weighted by Gasteiger charge is -2.00. The van der Waals surface area contributed by atoms with Crippen LogP contribution in [0.5, 0.6) is 0 Å². The molecule has 0 saturated carbocycles. The van der Waals surface area contributed by atoms with Gasteiger partial charge >= 0.3 is 0 Å². The molecule has 0 aliphatic heterocycles. The first kappa shape index (κ1) is 27.6. The summed E-state index contributed by atoms with van der Waals surface area (Å²) in [5.41, 5.74) is 1.82. The van der Waals surface area contributed by atoms with Crippen molar-refractivity contribution in [3.63, 3.8) is 0 Å². The zero-order valence-electron chi connectivity index (χ0n) is 17.7. The molecule has 0 bridgehead atoms.